The van der Waals surface area contributed by atoms with E-state index in [1.165, 1.54) is 5.56 Å². The van der Waals surface area contributed by atoms with Gasteiger partial charge in [0.1, 0.15) is 0 Å². The third-order valence-electron chi connectivity index (χ3n) is 5.32. The van der Waals surface area contributed by atoms with E-state index >= 15 is 0 Å². The molecule has 3 aromatic carbocycles. The molecular formula is C26H22Cl2N2O. The van der Waals surface area contributed by atoms with Gasteiger partial charge in [0.05, 0.1) is 21.8 Å². The highest BCUT2D eigenvalue weighted by Crippen LogP contribution is 2.34. The number of carbonyl (C=O) groups is 1. The molecule has 0 saturated heterocycles. The Labute approximate surface area is 192 Å². The quantitative estimate of drug-likeness (QED) is 0.326. The molecule has 0 aliphatic carbocycles. The number of amides is 1. The number of pyridine rings is 1. The number of aromatic nitrogens is 1. The van der Waals surface area contributed by atoms with Crippen molar-refractivity contribution in [1.82, 2.24) is 10.3 Å². The summed E-state index contributed by atoms with van der Waals surface area (Å²) in [4.78, 5) is 18.0. The van der Waals surface area contributed by atoms with Crippen LogP contribution in [0.5, 0.6) is 0 Å². The maximum absolute atomic E-state index is 13.2. The third-order valence-corrected chi connectivity index (χ3v) is 5.87. The minimum Gasteiger partial charge on any atom is -0.352 e. The van der Waals surface area contributed by atoms with Gasteiger partial charge in [-0.05, 0) is 55.2 Å². The van der Waals surface area contributed by atoms with Crippen LogP contribution in [0, 0.1) is 6.92 Å². The first kappa shape index (κ1) is 21.4. The van der Waals surface area contributed by atoms with Crippen molar-refractivity contribution in [3.05, 3.63) is 99.5 Å². The molecule has 0 radical (unpaired) electrons. The fourth-order valence-electron chi connectivity index (χ4n) is 3.77. The zero-order valence-electron chi connectivity index (χ0n) is 17.2. The summed E-state index contributed by atoms with van der Waals surface area (Å²) in [5.74, 6) is -0.101. The molecule has 3 nitrogen and oxygen atoms in total. The van der Waals surface area contributed by atoms with E-state index in [2.05, 4.69) is 17.4 Å². The van der Waals surface area contributed by atoms with E-state index in [1.54, 1.807) is 12.1 Å². The maximum atomic E-state index is 13.2. The Bertz CT molecular complexity index is 1240. The molecule has 0 spiro atoms. The highest BCUT2D eigenvalue weighted by molar-refractivity contribution is 6.36. The van der Waals surface area contributed by atoms with Gasteiger partial charge in [-0.3, -0.25) is 4.79 Å². The second-order valence-electron chi connectivity index (χ2n) is 7.45. The molecule has 4 aromatic rings. The number of rotatable bonds is 6. The number of fused-ring (bicyclic) bond motifs is 1. The van der Waals surface area contributed by atoms with Gasteiger partial charge in [-0.25, -0.2) is 4.98 Å². The van der Waals surface area contributed by atoms with Crippen molar-refractivity contribution in [3.8, 4) is 11.3 Å². The number of carbonyl (C=O) groups excluding carboxylic acids is 1. The first-order chi connectivity index (χ1) is 15.0. The number of hydrogen-bond acceptors (Lipinski definition) is 2. The molecule has 5 heteroatoms. The highest BCUT2D eigenvalue weighted by atomic mass is 35.5. The van der Waals surface area contributed by atoms with Crippen LogP contribution in [0.1, 0.15) is 27.9 Å². The molecule has 0 saturated carbocycles. The summed E-state index contributed by atoms with van der Waals surface area (Å²) >= 11 is 12.5. The summed E-state index contributed by atoms with van der Waals surface area (Å²) in [5, 5.41) is 4.98. The molecule has 0 bridgehead atoms. The lowest BCUT2D eigenvalue weighted by Gasteiger charge is -2.15. The first-order valence-corrected chi connectivity index (χ1v) is 11.0. The Morgan fingerprint density at radius 3 is 2.48 bits per heavy atom. The van der Waals surface area contributed by atoms with E-state index in [0.717, 1.165) is 34.9 Å². The predicted octanol–water partition coefficient (Wildman–Crippen LogP) is 6.88. The average molecular weight is 449 g/mol. The highest BCUT2D eigenvalue weighted by Gasteiger charge is 2.20. The van der Waals surface area contributed by atoms with E-state index in [1.807, 2.05) is 55.5 Å². The molecule has 0 fully saturated rings. The molecule has 156 valence electrons. The summed E-state index contributed by atoms with van der Waals surface area (Å²) < 4.78 is 0. The Morgan fingerprint density at radius 1 is 0.968 bits per heavy atom. The van der Waals surface area contributed by atoms with E-state index in [-0.39, 0.29) is 5.91 Å². The van der Waals surface area contributed by atoms with Crippen molar-refractivity contribution in [2.75, 3.05) is 6.54 Å². The Balaban J connectivity index is 1.64. The van der Waals surface area contributed by atoms with E-state index in [0.29, 0.717) is 27.8 Å². The standard InChI is InChI=1S/C26H22Cl2N2O/c1-17-24(26(31)29-15-7-10-18-8-3-2-4-9-18)21-11-5-6-12-23(21)30-25(17)20-14-13-19(27)16-22(20)28/h2-6,8-9,11-14,16H,7,10,15H2,1H3,(H,29,31). The van der Waals surface area contributed by atoms with Crippen LogP contribution in [0.15, 0.2) is 72.8 Å². The molecule has 0 unspecified atom stereocenters. The van der Waals surface area contributed by atoms with Gasteiger partial charge in [-0.1, -0.05) is 71.7 Å². The zero-order chi connectivity index (χ0) is 21.8. The van der Waals surface area contributed by atoms with Crippen LogP contribution in [0.3, 0.4) is 0 Å². The summed E-state index contributed by atoms with van der Waals surface area (Å²) in [6.07, 6.45) is 1.79. The predicted molar refractivity (Wildman–Crippen MR) is 129 cm³/mol. The van der Waals surface area contributed by atoms with Crippen LogP contribution >= 0.6 is 23.2 Å². The minimum atomic E-state index is -0.101. The van der Waals surface area contributed by atoms with Gasteiger partial charge >= 0.3 is 0 Å². The third kappa shape index (κ3) is 4.73. The SMILES string of the molecule is Cc1c(-c2ccc(Cl)cc2Cl)nc2ccccc2c1C(=O)NCCCc1ccccc1. The van der Waals surface area contributed by atoms with Crippen LogP contribution in [-0.4, -0.2) is 17.4 Å². The molecule has 1 N–H and O–H groups in total. The number of nitrogens with one attached hydrogen (secondary N) is 1. The first-order valence-electron chi connectivity index (χ1n) is 10.2. The molecule has 1 heterocycles. The van der Waals surface area contributed by atoms with Gasteiger partial charge in [0.15, 0.2) is 0 Å². The van der Waals surface area contributed by atoms with Crippen LogP contribution in [0.2, 0.25) is 10.0 Å². The number of aryl methyl sites for hydroxylation is 1. The van der Waals surface area contributed by atoms with Gasteiger partial charge in [-0.15, -0.1) is 0 Å². The molecule has 31 heavy (non-hydrogen) atoms. The number of nitrogens with zero attached hydrogens (tertiary/aromatic N) is 1. The van der Waals surface area contributed by atoms with Crippen molar-refractivity contribution in [1.29, 1.82) is 0 Å². The maximum Gasteiger partial charge on any atom is 0.252 e. The van der Waals surface area contributed by atoms with Crippen LogP contribution < -0.4 is 5.32 Å². The number of halogens is 2. The van der Waals surface area contributed by atoms with Crippen molar-refractivity contribution in [3.63, 3.8) is 0 Å². The smallest absolute Gasteiger partial charge is 0.252 e. The molecule has 0 atom stereocenters. The van der Waals surface area contributed by atoms with Crippen molar-refractivity contribution >= 4 is 40.0 Å². The van der Waals surface area contributed by atoms with Gasteiger partial charge in [-0.2, -0.15) is 0 Å². The monoisotopic (exact) mass is 448 g/mol. The summed E-state index contributed by atoms with van der Waals surface area (Å²) in [6, 6.07) is 23.3. The lowest BCUT2D eigenvalue weighted by atomic mass is 9.97. The van der Waals surface area contributed by atoms with Gasteiger partial charge in [0.2, 0.25) is 0 Å². The normalized spacial score (nSPS) is 10.9. The fraction of sp³-hybridized carbons (Fsp3) is 0.154. The van der Waals surface area contributed by atoms with E-state index in [9.17, 15) is 4.79 Å². The number of para-hydroxylation sites is 1. The van der Waals surface area contributed by atoms with Gasteiger partial charge < -0.3 is 5.32 Å². The van der Waals surface area contributed by atoms with Crippen molar-refractivity contribution in [2.45, 2.75) is 19.8 Å². The van der Waals surface area contributed by atoms with Crippen molar-refractivity contribution in [2.24, 2.45) is 0 Å². The van der Waals surface area contributed by atoms with E-state index in [4.69, 9.17) is 28.2 Å². The average Bonchev–Trinajstić information content (AvgIpc) is 2.77. The fourth-order valence-corrected chi connectivity index (χ4v) is 4.27. The Hall–Kier alpha value is -2.88. The molecular weight excluding hydrogens is 427 g/mol. The molecule has 0 aliphatic rings. The van der Waals surface area contributed by atoms with Crippen molar-refractivity contribution < 1.29 is 4.79 Å². The second-order valence-corrected chi connectivity index (χ2v) is 8.29. The van der Waals surface area contributed by atoms with Gasteiger partial charge in [0, 0.05) is 22.5 Å². The largest absolute Gasteiger partial charge is 0.352 e. The van der Waals surface area contributed by atoms with E-state index < -0.39 is 0 Å². The lowest BCUT2D eigenvalue weighted by Crippen LogP contribution is -2.26. The molecule has 4 rings (SSSR count). The van der Waals surface area contributed by atoms with Crippen LogP contribution in [0.25, 0.3) is 22.2 Å². The number of hydrogen-bond donors (Lipinski definition) is 1. The molecule has 0 aliphatic heterocycles. The van der Waals surface area contributed by atoms with Gasteiger partial charge in [0.25, 0.3) is 5.91 Å². The summed E-state index contributed by atoms with van der Waals surface area (Å²) in [7, 11) is 0. The Kier molecular flexibility index (Phi) is 6.55. The zero-order valence-corrected chi connectivity index (χ0v) is 18.7. The molecule has 1 aromatic heterocycles. The molecule has 1 amide bonds. The number of benzene rings is 3. The topological polar surface area (TPSA) is 42.0 Å². The minimum absolute atomic E-state index is 0.101. The second kappa shape index (κ2) is 9.51. The summed E-state index contributed by atoms with van der Waals surface area (Å²) in [6.45, 7) is 2.51. The van der Waals surface area contributed by atoms with Crippen LogP contribution in [0.4, 0.5) is 0 Å². The van der Waals surface area contributed by atoms with Crippen LogP contribution in [-0.2, 0) is 6.42 Å². The lowest BCUT2D eigenvalue weighted by molar-refractivity contribution is 0.0954. The summed E-state index contributed by atoms with van der Waals surface area (Å²) in [5.41, 5.74) is 4.89. The Morgan fingerprint density at radius 2 is 1.71 bits per heavy atom.